The van der Waals surface area contributed by atoms with Crippen molar-refractivity contribution in [3.63, 3.8) is 0 Å². The first-order chi connectivity index (χ1) is 16.0. The Labute approximate surface area is 200 Å². The van der Waals surface area contributed by atoms with Gasteiger partial charge in [-0.15, -0.1) is 0 Å². The molecule has 180 valence electrons. The number of rotatable bonds is 7. The number of carbonyl (C=O) groups excluding carboxylic acids is 1. The van der Waals surface area contributed by atoms with Crippen molar-refractivity contribution in [1.82, 2.24) is 4.90 Å². The summed E-state index contributed by atoms with van der Waals surface area (Å²) in [4.78, 5) is 15.7. The van der Waals surface area contributed by atoms with Crippen molar-refractivity contribution in [1.29, 1.82) is 0 Å². The molecule has 3 aliphatic rings. The number of para-hydroxylation sites is 1. The SMILES string of the molecule is O=C(c1oc2ccccc2c1CSC1CCCCC1)N(C[C@H]1CCCO1)[C@H]1CCS(=O)(=O)C1. The highest BCUT2D eigenvalue weighted by molar-refractivity contribution is 7.99. The van der Waals surface area contributed by atoms with Crippen molar-refractivity contribution >= 4 is 38.5 Å². The molecule has 1 amide bonds. The van der Waals surface area contributed by atoms with Gasteiger partial charge in [0.2, 0.25) is 0 Å². The maximum atomic E-state index is 13.9. The number of hydrogen-bond donors (Lipinski definition) is 0. The summed E-state index contributed by atoms with van der Waals surface area (Å²) < 4.78 is 36.4. The molecular weight excluding hydrogens is 458 g/mol. The standard InChI is InChI=1S/C25H33NO5S2/c27-25(26(15-19-7-6-13-30-19)18-12-14-33(28,29)17-18)24-22(16-32-20-8-2-1-3-9-20)21-10-4-5-11-23(21)31-24/h4-5,10-11,18-20H,1-3,6-9,12-17H2/t18-,19+/m0/s1. The lowest BCUT2D eigenvalue weighted by Crippen LogP contribution is -2.45. The van der Waals surface area contributed by atoms with Gasteiger partial charge in [-0.3, -0.25) is 4.79 Å². The van der Waals surface area contributed by atoms with Crippen molar-refractivity contribution in [3.8, 4) is 0 Å². The molecule has 3 heterocycles. The number of ether oxygens (including phenoxy) is 1. The van der Waals surface area contributed by atoms with Crippen molar-refractivity contribution in [3.05, 3.63) is 35.6 Å². The van der Waals surface area contributed by atoms with Crippen LogP contribution in [0.4, 0.5) is 0 Å². The van der Waals surface area contributed by atoms with Gasteiger partial charge in [0, 0.05) is 41.1 Å². The van der Waals surface area contributed by atoms with Crippen molar-refractivity contribution in [2.45, 2.75) is 74.5 Å². The fraction of sp³-hybridized carbons (Fsp3) is 0.640. The largest absolute Gasteiger partial charge is 0.451 e. The van der Waals surface area contributed by atoms with E-state index in [9.17, 15) is 13.2 Å². The number of furan rings is 1. The number of thioether (sulfide) groups is 1. The van der Waals surface area contributed by atoms with Gasteiger partial charge in [-0.2, -0.15) is 11.8 Å². The van der Waals surface area contributed by atoms with Gasteiger partial charge in [0.15, 0.2) is 15.6 Å². The lowest BCUT2D eigenvalue weighted by molar-refractivity contribution is 0.0419. The molecule has 0 radical (unpaired) electrons. The summed E-state index contributed by atoms with van der Waals surface area (Å²) in [5.41, 5.74) is 1.67. The molecule has 6 nitrogen and oxygen atoms in total. The zero-order valence-electron chi connectivity index (χ0n) is 19.0. The monoisotopic (exact) mass is 491 g/mol. The van der Waals surface area contributed by atoms with E-state index in [2.05, 4.69) is 0 Å². The number of fused-ring (bicyclic) bond motifs is 1. The minimum Gasteiger partial charge on any atom is -0.451 e. The number of hydrogen-bond acceptors (Lipinski definition) is 6. The van der Waals surface area contributed by atoms with Crippen LogP contribution in [0.3, 0.4) is 0 Å². The maximum Gasteiger partial charge on any atom is 0.290 e. The molecule has 2 saturated heterocycles. The predicted molar refractivity (Wildman–Crippen MR) is 131 cm³/mol. The van der Waals surface area contributed by atoms with Crippen LogP contribution in [-0.4, -0.2) is 61.3 Å². The third-order valence-corrected chi connectivity index (χ3v) is 10.4. The summed E-state index contributed by atoms with van der Waals surface area (Å²) >= 11 is 1.93. The van der Waals surface area contributed by atoms with E-state index in [0.717, 1.165) is 35.1 Å². The first kappa shape index (κ1) is 23.2. The Morgan fingerprint density at radius 2 is 1.88 bits per heavy atom. The van der Waals surface area contributed by atoms with Crippen molar-refractivity contribution in [2.75, 3.05) is 24.7 Å². The molecule has 0 N–H and O–H groups in total. The Morgan fingerprint density at radius 3 is 2.61 bits per heavy atom. The third-order valence-electron chi connectivity index (χ3n) is 7.24. The van der Waals surface area contributed by atoms with Crippen molar-refractivity contribution in [2.24, 2.45) is 0 Å². The van der Waals surface area contributed by atoms with E-state index in [4.69, 9.17) is 9.15 Å². The summed E-state index contributed by atoms with van der Waals surface area (Å²) in [6.45, 7) is 1.12. The second kappa shape index (κ2) is 10.0. The van der Waals surface area contributed by atoms with Gasteiger partial charge < -0.3 is 14.1 Å². The molecule has 1 aliphatic carbocycles. The van der Waals surface area contributed by atoms with Crippen LogP contribution in [0.1, 0.15) is 67.5 Å². The average molecular weight is 492 g/mol. The molecule has 2 atom stereocenters. The Bertz CT molecular complexity index is 1080. The van der Waals surface area contributed by atoms with Gasteiger partial charge in [0.1, 0.15) is 5.58 Å². The normalized spacial score (nSPS) is 25.6. The first-order valence-electron chi connectivity index (χ1n) is 12.3. The summed E-state index contributed by atoms with van der Waals surface area (Å²) in [5, 5.41) is 1.61. The highest BCUT2D eigenvalue weighted by Gasteiger charge is 2.38. The Morgan fingerprint density at radius 1 is 1.06 bits per heavy atom. The van der Waals surface area contributed by atoms with Gasteiger partial charge >= 0.3 is 0 Å². The van der Waals surface area contributed by atoms with Crippen LogP contribution in [0.15, 0.2) is 28.7 Å². The topological polar surface area (TPSA) is 76.8 Å². The number of sulfone groups is 1. The van der Waals surface area contributed by atoms with Crippen LogP contribution in [0.5, 0.6) is 0 Å². The summed E-state index contributed by atoms with van der Waals surface area (Å²) in [6.07, 6.45) is 8.65. The molecule has 0 unspecified atom stereocenters. The fourth-order valence-electron chi connectivity index (χ4n) is 5.40. The molecule has 3 fully saturated rings. The van der Waals surface area contributed by atoms with E-state index in [1.54, 1.807) is 4.90 Å². The van der Waals surface area contributed by atoms with E-state index < -0.39 is 9.84 Å². The highest BCUT2D eigenvalue weighted by atomic mass is 32.2. The third kappa shape index (κ3) is 5.28. The molecule has 2 aromatic rings. The highest BCUT2D eigenvalue weighted by Crippen LogP contribution is 2.36. The molecule has 1 aromatic heterocycles. The van der Waals surface area contributed by atoms with Gasteiger partial charge in [0.25, 0.3) is 5.91 Å². The van der Waals surface area contributed by atoms with Gasteiger partial charge in [-0.25, -0.2) is 8.42 Å². The molecular formula is C25H33NO5S2. The first-order valence-corrected chi connectivity index (χ1v) is 15.1. The van der Waals surface area contributed by atoms with Crippen molar-refractivity contribution < 1.29 is 22.4 Å². The molecule has 8 heteroatoms. The van der Waals surface area contributed by atoms with E-state index >= 15 is 0 Å². The van der Waals surface area contributed by atoms with Crippen LogP contribution < -0.4 is 0 Å². The van der Waals surface area contributed by atoms with Gasteiger partial charge in [-0.05, 0) is 38.2 Å². The summed E-state index contributed by atoms with van der Waals surface area (Å²) in [5.74, 6) is 1.08. The fourth-order valence-corrected chi connectivity index (χ4v) is 8.49. The second-order valence-corrected chi connectivity index (χ2v) is 13.1. The van der Waals surface area contributed by atoms with Crippen LogP contribution in [0.25, 0.3) is 11.0 Å². The van der Waals surface area contributed by atoms with E-state index in [1.165, 1.54) is 32.1 Å². The zero-order chi connectivity index (χ0) is 22.8. The maximum absolute atomic E-state index is 13.9. The second-order valence-electron chi connectivity index (χ2n) is 9.63. The van der Waals surface area contributed by atoms with Crippen LogP contribution >= 0.6 is 11.8 Å². The lowest BCUT2D eigenvalue weighted by Gasteiger charge is -2.30. The number of amides is 1. The Hall–Kier alpha value is -1.51. The smallest absolute Gasteiger partial charge is 0.290 e. The van der Waals surface area contributed by atoms with E-state index in [-0.39, 0.29) is 29.6 Å². The minimum atomic E-state index is -3.12. The average Bonchev–Trinajstić information content (AvgIpc) is 3.55. The molecule has 5 rings (SSSR count). The summed E-state index contributed by atoms with van der Waals surface area (Å²) in [7, 11) is -3.12. The Kier molecular flexibility index (Phi) is 7.04. The molecule has 2 aliphatic heterocycles. The predicted octanol–water partition coefficient (Wildman–Crippen LogP) is 4.81. The molecule has 33 heavy (non-hydrogen) atoms. The summed E-state index contributed by atoms with van der Waals surface area (Å²) in [6, 6.07) is 7.52. The van der Waals surface area contributed by atoms with Crippen LogP contribution in [0.2, 0.25) is 0 Å². The Balaban J connectivity index is 1.45. The van der Waals surface area contributed by atoms with Crippen LogP contribution in [0, 0.1) is 0 Å². The van der Waals surface area contributed by atoms with Gasteiger partial charge in [-0.1, -0.05) is 37.5 Å². The van der Waals surface area contributed by atoms with Gasteiger partial charge in [0.05, 0.1) is 17.6 Å². The number of carbonyl (C=O) groups is 1. The number of nitrogens with zero attached hydrogens (tertiary/aromatic N) is 1. The lowest BCUT2D eigenvalue weighted by atomic mass is 10.0. The molecule has 1 saturated carbocycles. The molecule has 0 spiro atoms. The zero-order valence-corrected chi connectivity index (χ0v) is 20.7. The van der Waals surface area contributed by atoms with E-state index in [1.807, 2.05) is 36.0 Å². The van der Waals surface area contributed by atoms with E-state index in [0.29, 0.717) is 30.6 Å². The molecule has 1 aromatic carbocycles. The number of benzene rings is 1. The quantitative estimate of drug-likeness (QED) is 0.553. The molecule has 0 bridgehead atoms. The minimum absolute atomic E-state index is 0.0256. The van der Waals surface area contributed by atoms with Crippen LogP contribution in [-0.2, 0) is 20.3 Å².